The van der Waals surface area contributed by atoms with Crippen LogP contribution in [0.2, 0.25) is 0 Å². The molecular weight excluding hydrogens is 434 g/mol. The molecule has 158 valence electrons. The molecular formula is C30H17N3S. The number of rotatable bonds is 1. The number of hydrogen-bond acceptors (Lipinski definition) is 3. The molecule has 3 nitrogen and oxygen atoms in total. The Morgan fingerprint density at radius 2 is 1.24 bits per heavy atom. The van der Waals surface area contributed by atoms with Crippen LogP contribution in [0.4, 0.5) is 0 Å². The lowest BCUT2D eigenvalue weighted by Gasteiger charge is -2.08. The van der Waals surface area contributed by atoms with Gasteiger partial charge in [-0.3, -0.25) is 4.57 Å². The highest BCUT2D eigenvalue weighted by Crippen LogP contribution is 2.48. The van der Waals surface area contributed by atoms with E-state index in [1.165, 1.54) is 58.0 Å². The van der Waals surface area contributed by atoms with Gasteiger partial charge in [0, 0.05) is 38.6 Å². The standard InChI is InChI=1S/C30H17N3S/c1-2-9-19-18(8-1)14-15-23-26(19)27-21-11-4-3-10-20(21)25-22-12-5-6-13-24(22)34-29(25)28(27)33(23)30-31-16-7-17-32-30/h1-17H. The Bertz CT molecular complexity index is 2070. The Hall–Kier alpha value is -4.28. The van der Waals surface area contributed by atoms with Crippen LogP contribution < -0.4 is 0 Å². The normalized spacial score (nSPS) is 12.1. The topological polar surface area (TPSA) is 30.7 Å². The number of fused-ring (bicyclic) bond motifs is 12. The van der Waals surface area contributed by atoms with Gasteiger partial charge in [0.25, 0.3) is 0 Å². The summed E-state index contributed by atoms with van der Waals surface area (Å²) in [6.07, 6.45) is 3.65. The van der Waals surface area contributed by atoms with E-state index in [1.807, 2.05) is 29.8 Å². The van der Waals surface area contributed by atoms with Crippen LogP contribution in [-0.4, -0.2) is 14.5 Å². The first-order valence-corrected chi connectivity index (χ1v) is 12.2. The lowest BCUT2D eigenvalue weighted by molar-refractivity contribution is 0.991. The van der Waals surface area contributed by atoms with Crippen molar-refractivity contribution in [1.82, 2.24) is 14.5 Å². The van der Waals surface area contributed by atoms with Crippen molar-refractivity contribution in [3.63, 3.8) is 0 Å². The lowest BCUT2D eigenvalue weighted by atomic mass is 9.97. The highest BCUT2D eigenvalue weighted by atomic mass is 32.1. The van der Waals surface area contributed by atoms with Gasteiger partial charge in [-0.25, -0.2) is 9.97 Å². The Balaban J connectivity index is 1.80. The first-order chi connectivity index (χ1) is 16.9. The fraction of sp³-hybridized carbons (Fsp3) is 0. The van der Waals surface area contributed by atoms with Crippen LogP contribution in [0, 0.1) is 0 Å². The first kappa shape index (κ1) is 18.2. The molecule has 0 saturated carbocycles. The molecule has 0 bridgehead atoms. The van der Waals surface area contributed by atoms with Crippen molar-refractivity contribution < 1.29 is 0 Å². The summed E-state index contributed by atoms with van der Waals surface area (Å²) in [6.45, 7) is 0. The second-order valence-corrected chi connectivity index (χ2v) is 9.69. The van der Waals surface area contributed by atoms with Crippen LogP contribution in [-0.2, 0) is 0 Å². The van der Waals surface area contributed by atoms with E-state index < -0.39 is 0 Å². The number of hydrogen-bond donors (Lipinski definition) is 0. The molecule has 0 unspecified atom stereocenters. The molecule has 4 heteroatoms. The number of thiophene rings is 1. The largest absolute Gasteiger partial charge is 0.276 e. The van der Waals surface area contributed by atoms with Crippen LogP contribution in [0.3, 0.4) is 0 Å². The SMILES string of the molecule is c1cnc(-n2c3ccc4ccccc4c3c3c4ccccc4c4c5ccccc5sc4c32)nc1. The molecule has 8 rings (SSSR count). The van der Waals surface area contributed by atoms with Gasteiger partial charge in [-0.1, -0.05) is 72.8 Å². The third kappa shape index (κ3) is 2.25. The second-order valence-electron chi connectivity index (χ2n) is 8.64. The Kier molecular flexibility index (Phi) is 3.54. The van der Waals surface area contributed by atoms with Gasteiger partial charge in [-0.15, -0.1) is 11.3 Å². The molecule has 0 fully saturated rings. The van der Waals surface area contributed by atoms with Crippen molar-refractivity contribution in [2.24, 2.45) is 0 Å². The summed E-state index contributed by atoms with van der Waals surface area (Å²) in [5, 5.41) is 10.2. The van der Waals surface area contributed by atoms with Gasteiger partial charge in [-0.05, 0) is 39.7 Å². The van der Waals surface area contributed by atoms with E-state index in [0.717, 1.165) is 5.52 Å². The molecule has 0 radical (unpaired) electrons. The maximum absolute atomic E-state index is 4.70. The molecule has 0 amide bonds. The van der Waals surface area contributed by atoms with E-state index >= 15 is 0 Å². The predicted octanol–water partition coefficient (Wildman–Crippen LogP) is 8.25. The summed E-state index contributed by atoms with van der Waals surface area (Å²) < 4.78 is 4.84. The molecule has 3 heterocycles. The zero-order valence-electron chi connectivity index (χ0n) is 18.1. The number of benzene rings is 5. The molecule has 0 aliphatic carbocycles. The highest BCUT2D eigenvalue weighted by molar-refractivity contribution is 7.27. The number of aromatic nitrogens is 3. The van der Waals surface area contributed by atoms with Gasteiger partial charge < -0.3 is 0 Å². The Labute approximate surface area is 198 Å². The van der Waals surface area contributed by atoms with Crippen LogP contribution in [0.15, 0.2) is 103 Å². The minimum absolute atomic E-state index is 0.701. The first-order valence-electron chi connectivity index (χ1n) is 11.4. The quantitative estimate of drug-likeness (QED) is 0.251. The van der Waals surface area contributed by atoms with E-state index in [0.29, 0.717) is 5.95 Å². The molecule has 0 spiro atoms. The van der Waals surface area contributed by atoms with Crippen LogP contribution in [0.25, 0.3) is 69.5 Å². The van der Waals surface area contributed by atoms with Crippen LogP contribution >= 0.6 is 11.3 Å². The van der Waals surface area contributed by atoms with Gasteiger partial charge in [0.15, 0.2) is 0 Å². The molecule has 0 saturated heterocycles. The van der Waals surface area contributed by atoms with E-state index in [4.69, 9.17) is 9.97 Å². The van der Waals surface area contributed by atoms with Crippen LogP contribution in [0.1, 0.15) is 0 Å². The van der Waals surface area contributed by atoms with E-state index in [2.05, 4.69) is 89.5 Å². The third-order valence-corrected chi connectivity index (χ3v) is 8.06. The summed E-state index contributed by atoms with van der Waals surface area (Å²) in [5.41, 5.74) is 2.32. The summed E-state index contributed by atoms with van der Waals surface area (Å²) in [7, 11) is 0. The van der Waals surface area contributed by atoms with Crippen molar-refractivity contribution in [2.45, 2.75) is 0 Å². The molecule has 5 aromatic carbocycles. The van der Waals surface area contributed by atoms with Gasteiger partial charge in [-0.2, -0.15) is 0 Å². The van der Waals surface area contributed by atoms with Crippen LogP contribution in [0.5, 0.6) is 0 Å². The van der Waals surface area contributed by atoms with Crippen molar-refractivity contribution in [1.29, 1.82) is 0 Å². The number of nitrogens with zero attached hydrogens (tertiary/aromatic N) is 3. The lowest BCUT2D eigenvalue weighted by Crippen LogP contribution is -1.99. The molecule has 0 aliphatic heterocycles. The van der Waals surface area contributed by atoms with E-state index in [9.17, 15) is 0 Å². The molecule has 3 aromatic heterocycles. The fourth-order valence-electron chi connectivity index (χ4n) is 5.55. The minimum atomic E-state index is 0.701. The summed E-state index contributed by atoms with van der Waals surface area (Å²) in [4.78, 5) is 9.40. The molecule has 34 heavy (non-hydrogen) atoms. The highest BCUT2D eigenvalue weighted by Gasteiger charge is 2.23. The van der Waals surface area contributed by atoms with Crippen molar-refractivity contribution in [2.75, 3.05) is 0 Å². The Morgan fingerprint density at radius 3 is 2.06 bits per heavy atom. The third-order valence-electron chi connectivity index (χ3n) is 6.89. The summed E-state index contributed by atoms with van der Waals surface area (Å²) >= 11 is 1.86. The van der Waals surface area contributed by atoms with Gasteiger partial charge in [0.05, 0.1) is 15.7 Å². The Morgan fingerprint density at radius 1 is 0.559 bits per heavy atom. The van der Waals surface area contributed by atoms with Crippen molar-refractivity contribution >= 4 is 74.9 Å². The average molecular weight is 452 g/mol. The van der Waals surface area contributed by atoms with Gasteiger partial charge in [0.1, 0.15) is 0 Å². The maximum Gasteiger partial charge on any atom is 0.234 e. The van der Waals surface area contributed by atoms with Gasteiger partial charge >= 0.3 is 0 Å². The van der Waals surface area contributed by atoms with E-state index in [-0.39, 0.29) is 0 Å². The molecule has 0 atom stereocenters. The van der Waals surface area contributed by atoms with Gasteiger partial charge in [0.2, 0.25) is 5.95 Å². The predicted molar refractivity (Wildman–Crippen MR) is 144 cm³/mol. The molecule has 0 N–H and O–H groups in total. The van der Waals surface area contributed by atoms with Crippen molar-refractivity contribution in [3.05, 3.63) is 103 Å². The summed E-state index contributed by atoms with van der Waals surface area (Å²) in [6, 6.07) is 32.5. The zero-order valence-corrected chi connectivity index (χ0v) is 18.9. The average Bonchev–Trinajstić information content (AvgIpc) is 3.46. The molecule has 8 aromatic rings. The minimum Gasteiger partial charge on any atom is -0.276 e. The maximum atomic E-state index is 4.70. The zero-order chi connectivity index (χ0) is 22.2. The monoisotopic (exact) mass is 451 g/mol. The van der Waals surface area contributed by atoms with E-state index in [1.54, 1.807) is 0 Å². The fourth-order valence-corrected chi connectivity index (χ4v) is 6.81. The summed E-state index contributed by atoms with van der Waals surface area (Å²) in [5.74, 6) is 0.701. The smallest absolute Gasteiger partial charge is 0.234 e. The second kappa shape index (κ2) is 6.62. The molecule has 0 aliphatic rings. The van der Waals surface area contributed by atoms with Crippen molar-refractivity contribution in [3.8, 4) is 5.95 Å².